The van der Waals surface area contributed by atoms with Crippen LogP contribution in [0.5, 0.6) is 0 Å². The molecule has 8 fully saturated rings. The lowest BCUT2D eigenvalue weighted by Crippen LogP contribution is -2.66. The molecule has 5 heterocycles. The predicted octanol–water partition coefficient (Wildman–Crippen LogP) is -2.06. The molecule has 0 radical (unpaired) electrons. The van der Waals surface area contributed by atoms with Gasteiger partial charge < -0.3 is 109 Å². The standard InChI is InChI=1S/C51H82O22/c1-20(19-65-45-39(61)36(58)34(56)29(17-52)70-45)7-10-31-51(6,64)44-28(69-31)16-27-25-9-8-23-15-24(11-13-49(23,4)26(25)12-14-50(27,44)5)68-47-41(63)38(60)42(30(18-53)71-47)72-48-43(37(59)33(55)22(3)67-48)73-46-40(62)35(57)32(54)21(2)66-46/h8,10,20-22,24-30,32-48,52-64H,7,9,11-19H2,1-6H3/b31-10+/t20-,21+,22+,24+,25-,26+,27+,28+,29-,30-,32+,33+,34-,35-,36+,37-,38-,39-,40-,41-,42-,43-,44+,45-,46+,47-,48+,49+,50+,51-/m1/s1. The molecule has 9 rings (SSSR count). The van der Waals surface area contributed by atoms with Crippen LogP contribution in [0.2, 0.25) is 0 Å². The second kappa shape index (κ2) is 21.6. The third-order valence-electron chi connectivity index (χ3n) is 18.9. The molecule has 418 valence electrons. The lowest BCUT2D eigenvalue weighted by Gasteiger charge is -2.58. The Hall–Kier alpha value is -1.56. The fourth-order valence-corrected chi connectivity index (χ4v) is 14.6. The maximum absolute atomic E-state index is 12.3. The lowest BCUT2D eigenvalue weighted by molar-refractivity contribution is -0.386. The van der Waals surface area contributed by atoms with Crippen molar-refractivity contribution in [1.82, 2.24) is 0 Å². The topological polar surface area (TPSA) is 346 Å². The Kier molecular flexibility index (Phi) is 16.6. The van der Waals surface area contributed by atoms with Crippen molar-refractivity contribution >= 4 is 0 Å². The molecule has 0 aromatic heterocycles. The first kappa shape index (κ1) is 56.2. The minimum atomic E-state index is -1.76. The Morgan fingerprint density at radius 2 is 1.25 bits per heavy atom. The normalized spacial score (nSPS) is 54.9. The van der Waals surface area contributed by atoms with Crippen LogP contribution in [-0.2, 0) is 42.6 Å². The van der Waals surface area contributed by atoms with Gasteiger partial charge in [0.2, 0.25) is 0 Å². The molecule has 0 amide bonds. The third kappa shape index (κ3) is 10.0. The zero-order valence-electron chi connectivity index (χ0n) is 42.5. The summed E-state index contributed by atoms with van der Waals surface area (Å²) in [7, 11) is 0. The average molecular weight is 1050 g/mol. The molecule has 22 nitrogen and oxygen atoms in total. The average Bonchev–Trinajstić information content (AvgIpc) is 3.82. The van der Waals surface area contributed by atoms with Crippen LogP contribution >= 0.6 is 0 Å². The molecule has 0 unspecified atom stereocenters. The van der Waals surface area contributed by atoms with Gasteiger partial charge in [-0.25, -0.2) is 0 Å². The third-order valence-corrected chi connectivity index (χ3v) is 18.9. The van der Waals surface area contributed by atoms with E-state index in [-0.39, 0.29) is 41.5 Å². The van der Waals surface area contributed by atoms with Crippen molar-refractivity contribution in [1.29, 1.82) is 0 Å². The fraction of sp³-hybridized carbons (Fsp3) is 0.922. The van der Waals surface area contributed by atoms with Crippen molar-refractivity contribution in [3.63, 3.8) is 0 Å². The van der Waals surface area contributed by atoms with Gasteiger partial charge in [0, 0.05) is 5.92 Å². The molecule has 9 aliphatic rings. The molecule has 0 aromatic carbocycles. The molecular formula is C51H82O22. The van der Waals surface area contributed by atoms with Gasteiger partial charge in [0.15, 0.2) is 25.2 Å². The van der Waals surface area contributed by atoms with Gasteiger partial charge in [-0.3, -0.25) is 0 Å². The van der Waals surface area contributed by atoms with Crippen molar-refractivity contribution in [2.45, 2.75) is 234 Å². The van der Waals surface area contributed by atoms with Crippen LogP contribution in [0.4, 0.5) is 0 Å². The van der Waals surface area contributed by atoms with Crippen LogP contribution < -0.4 is 0 Å². The summed E-state index contributed by atoms with van der Waals surface area (Å²) in [4.78, 5) is 0. The molecular weight excluding hydrogens is 965 g/mol. The van der Waals surface area contributed by atoms with E-state index in [2.05, 4.69) is 19.9 Å². The molecule has 22 heteroatoms. The van der Waals surface area contributed by atoms with Crippen LogP contribution in [-0.4, -0.2) is 227 Å². The van der Waals surface area contributed by atoms with Crippen LogP contribution in [0, 0.1) is 40.4 Å². The predicted molar refractivity (Wildman–Crippen MR) is 249 cm³/mol. The number of hydrogen-bond acceptors (Lipinski definition) is 22. The van der Waals surface area contributed by atoms with Crippen molar-refractivity contribution in [2.75, 3.05) is 19.8 Å². The van der Waals surface area contributed by atoms with Gasteiger partial charge >= 0.3 is 0 Å². The first-order valence-electron chi connectivity index (χ1n) is 26.5. The van der Waals surface area contributed by atoms with Gasteiger partial charge in [-0.1, -0.05) is 32.4 Å². The van der Waals surface area contributed by atoms with Crippen molar-refractivity contribution in [3.8, 4) is 0 Å². The zero-order chi connectivity index (χ0) is 52.8. The minimum Gasteiger partial charge on any atom is -0.492 e. The van der Waals surface area contributed by atoms with Crippen molar-refractivity contribution < 1.29 is 109 Å². The highest BCUT2D eigenvalue weighted by atomic mass is 16.8. The fourth-order valence-electron chi connectivity index (χ4n) is 14.6. The van der Waals surface area contributed by atoms with Crippen LogP contribution in [0.15, 0.2) is 23.5 Å². The first-order valence-corrected chi connectivity index (χ1v) is 26.5. The largest absolute Gasteiger partial charge is 0.492 e. The van der Waals surface area contributed by atoms with E-state index in [0.717, 1.165) is 32.1 Å². The van der Waals surface area contributed by atoms with E-state index < -0.39 is 142 Å². The Balaban J connectivity index is 0.804. The number of fused-ring (bicyclic) bond motifs is 7. The van der Waals surface area contributed by atoms with Crippen molar-refractivity contribution in [3.05, 3.63) is 23.5 Å². The molecule has 0 spiro atoms. The molecule has 0 aromatic rings. The molecule has 5 saturated heterocycles. The van der Waals surface area contributed by atoms with E-state index >= 15 is 0 Å². The van der Waals surface area contributed by atoms with Gasteiger partial charge in [-0.2, -0.15) is 0 Å². The van der Waals surface area contributed by atoms with E-state index in [1.165, 1.54) is 19.4 Å². The minimum absolute atomic E-state index is 0.0888. The van der Waals surface area contributed by atoms with E-state index in [1.54, 1.807) is 0 Å². The van der Waals surface area contributed by atoms with E-state index in [0.29, 0.717) is 42.8 Å². The summed E-state index contributed by atoms with van der Waals surface area (Å²) in [6.45, 7) is 10.3. The molecule has 5 aliphatic heterocycles. The SMILES string of the molecule is C[C@H](C/C=C1/O[C@H]2C[C@H]3[C@@H]4CC=C5C[C@@H](O[C@@H]6O[C@H](CO)[C@@H](O[C@@H]7O[C@@H](C)[C@H](O)[C@@H](O)[C@H]7O[C@@H]7O[C@@H](C)[C@H](O)[C@@H](O)[C@H]7O)[C@H](O)[C@H]6O)CC[C@]5(C)[C@H]4CC[C@]3(C)[C@H]2[C@]1(C)O)CO[C@@H]1O[C@H](CO)[C@@H](O)[C@H](O)[C@H]1O. The highest BCUT2D eigenvalue weighted by Crippen LogP contribution is 2.70. The van der Waals surface area contributed by atoms with E-state index in [4.69, 9.17) is 42.6 Å². The zero-order valence-corrected chi connectivity index (χ0v) is 42.5. The maximum Gasteiger partial charge on any atom is 0.187 e. The summed E-state index contributed by atoms with van der Waals surface area (Å²) in [5.41, 5.74) is -0.232. The maximum atomic E-state index is 12.3. The second-order valence-electron chi connectivity index (χ2n) is 23.5. The summed E-state index contributed by atoms with van der Waals surface area (Å²) < 4.78 is 53.8. The quantitative estimate of drug-likeness (QED) is 0.0882. The Morgan fingerprint density at radius 3 is 1.95 bits per heavy atom. The van der Waals surface area contributed by atoms with Crippen molar-refractivity contribution in [2.24, 2.45) is 40.4 Å². The second-order valence-corrected chi connectivity index (χ2v) is 23.5. The first-order chi connectivity index (χ1) is 34.4. The smallest absolute Gasteiger partial charge is 0.187 e. The molecule has 73 heavy (non-hydrogen) atoms. The monoisotopic (exact) mass is 1050 g/mol. The van der Waals surface area contributed by atoms with Crippen LogP contribution in [0.25, 0.3) is 0 Å². The molecule has 3 saturated carbocycles. The molecule has 30 atom stereocenters. The molecule has 0 bridgehead atoms. The Labute approximate surface area is 425 Å². The number of hydrogen-bond donors (Lipinski definition) is 13. The van der Waals surface area contributed by atoms with Gasteiger partial charge in [0.1, 0.15) is 103 Å². The van der Waals surface area contributed by atoms with Gasteiger partial charge in [0.25, 0.3) is 0 Å². The summed E-state index contributed by atoms with van der Waals surface area (Å²) >= 11 is 0. The summed E-state index contributed by atoms with van der Waals surface area (Å²) in [6.07, 6.45) is -19.2. The molecule has 13 N–H and O–H groups in total. The number of aliphatic hydroxyl groups is 13. The highest BCUT2D eigenvalue weighted by Gasteiger charge is 2.69. The number of ether oxygens (including phenoxy) is 9. The Bertz CT molecular complexity index is 1960. The summed E-state index contributed by atoms with van der Waals surface area (Å²) in [5.74, 6) is 1.42. The molecule has 4 aliphatic carbocycles. The van der Waals surface area contributed by atoms with Gasteiger partial charge in [0.05, 0.1) is 38.1 Å². The van der Waals surface area contributed by atoms with Gasteiger partial charge in [-0.05, 0) is 113 Å². The van der Waals surface area contributed by atoms with Gasteiger partial charge in [-0.15, -0.1) is 0 Å². The number of rotatable bonds is 13. The number of allylic oxidation sites excluding steroid dienone is 2. The van der Waals surface area contributed by atoms with Crippen LogP contribution in [0.1, 0.15) is 92.9 Å². The van der Waals surface area contributed by atoms with E-state index in [9.17, 15) is 66.4 Å². The Morgan fingerprint density at radius 1 is 0.658 bits per heavy atom. The summed E-state index contributed by atoms with van der Waals surface area (Å²) in [6, 6.07) is 0. The van der Waals surface area contributed by atoms with Crippen LogP contribution in [0.3, 0.4) is 0 Å². The highest BCUT2D eigenvalue weighted by molar-refractivity contribution is 5.29. The lowest BCUT2D eigenvalue weighted by atomic mass is 9.46. The van der Waals surface area contributed by atoms with E-state index in [1.807, 2.05) is 19.9 Å². The number of aliphatic hydroxyl groups excluding tert-OH is 12. The summed E-state index contributed by atoms with van der Waals surface area (Å²) in [5, 5.41) is 139.